The third kappa shape index (κ3) is 7.57. The summed E-state index contributed by atoms with van der Waals surface area (Å²) in [6, 6.07) is 4.14. The summed E-state index contributed by atoms with van der Waals surface area (Å²) < 4.78 is 42.8. The van der Waals surface area contributed by atoms with Gasteiger partial charge in [-0.05, 0) is 18.2 Å². The standard InChI is InChI=1S/C23H28O13/c1-11(24)31-10-18-19(32-12(2)25)20(33-13(3)26)21(34-14(4)27)23(36-18)35-16-8-7-15(22(28)30-6)9-17(16)29-5/h7-9,18-21,23H,10H2,1-6H3/t18-,19-,20-,21-,23-/m1/s1. The van der Waals surface area contributed by atoms with Gasteiger partial charge in [0.1, 0.15) is 12.7 Å². The van der Waals surface area contributed by atoms with Gasteiger partial charge in [0.2, 0.25) is 12.4 Å². The van der Waals surface area contributed by atoms with Crippen molar-refractivity contribution < 1.29 is 61.9 Å². The van der Waals surface area contributed by atoms with Crippen LogP contribution in [0.5, 0.6) is 11.5 Å². The molecule has 0 aliphatic carbocycles. The maximum absolute atomic E-state index is 11.9. The number of carbonyl (C=O) groups is 5. The smallest absolute Gasteiger partial charge is 0.337 e. The van der Waals surface area contributed by atoms with E-state index in [0.717, 1.165) is 27.7 Å². The first kappa shape index (κ1) is 28.4. The fraction of sp³-hybridized carbons (Fsp3) is 0.522. The Morgan fingerprint density at radius 2 is 1.36 bits per heavy atom. The Hall–Kier alpha value is -3.87. The fourth-order valence-corrected chi connectivity index (χ4v) is 3.42. The highest BCUT2D eigenvalue weighted by atomic mass is 16.7. The molecule has 198 valence electrons. The normalized spacial score (nSPS) is 23.0. The topological polar surface area (TPSA) is 159 Å². The number of carbonyl (C=O) groups excluding carboxylic acids is 5. The Kier molecular flexibility index (Phi) is 10.0. The third-order valence-corrected chi connectivity index (χ3v) is 4.78. The lowest BCUT2D eigenvalue weighted by molar-refractivity contribution is -0.288. The van der Waals surface area contributed by atoms with Gasteiger partial charge in [-0.15, -0.1) is 0 Å². The zero-order valence-electron chi connectivity index (χ0n) is 20.6. The summed E-state index contributed by atoms with van der Waals surface area (Å²) in [5, 5.41) is 0. The Labute approximate surface area is 206 Å². The Morgan fingerprint density at radius 3 is 1.89 bits per heavy atom. The van der Waals surface area contributed by atoms with Gasteiger partial charge in [0.05, 0.1) is 19.8 Å². The van der Waals surface area contributed by atoms with Gasteiger partial charge in [-0.25, -0.2) is 4.79 Å². The van der Waals surface area contributed by atoms with E-state index in [9.17, 15) is 24.0 Å². The maximum atomic E-state index is 11.9. The monoisotopic (exact) mass is 512 g/mol. The van der Waals surface area contributed by atoms with E-state index in [1.807, 2.05) is 0 Å². The van der Waals surface area contributed by atoms with Gasteiger partial charge in [-0.2, -0.15) is 0 Å². The zero-order valence-corrected chi connectivity index (χ0v) is 20.6. The number of esters is 5. The highest BCUT2D eigenvalue weighted by Gasteiger charge is 2.53. The number of benzene rings is 1. The van der Waals surface area contributed by atoms with Crippen molar-refractivity contribution in [2.24, 2.45) is 0 Å². The molecule has 1 fully saturated rings. The average Bonchev–Trinajstić information content (AvgIpc) is 2.80. The number of hydrogen-bond donors (Lipinski definition) is 0. The molecule has 0 amide bonds. The van der Waals surface area contributed by atoms with Crippen molar-refractivity contribution in [3.8, 4) is 11.5 Å². The quantitative estimate of drug-likeness (QED) is 0.340. The first-order valence-corrected chi connectivity index (χ1v) is 10.7. The number of hydrogen-bond acceptors (Lipinski definition) is 13. The first-order chi connectivity index (χ1) is 17.0. The maximum Gasteiger partial charge on any atom is 0.337 e. The van der Waals surface area contributed by atoms with Crippen LogP contribution in [0.25, 0.3) is 0 Å². The molecule has 1 aliphatic heterocycles. The Bertz CT molecular complexity index is 988. The molecule has 36 heavy (non-hydrogen) atoms. The molecule has 0 N–H and O–H groups in total. The van der Waals surface area contributed by atoms with Crippen LogP contribution in [0.3, 0.4) is 0 Å². The molecule has 0 bridgehead atoms. The van der Waals surface area contributed by atoms with Crippen molar-refractivity contribution in [3.05, 3.63) is 23.8 Å². The summed E-state index contributed by atoms with van der Waals surface area (Å²) in [6.45, 7) is 4.09. The Balaban J connectivity index is 2.52. The van der Waals surface area contributed by atoms with Crippen LogP contribution in [0.1, 0.15) is 38.1 Å². The van der Waals surface area contributed by atoms with E-state index in [-0.39, 0.29) is 17.1 Å². The fourth-order valence-electron chi connectivity index (χ4n) is 3.42. The molecular weight excluding hydrogens is 484 g/mol. The van der Waals surface area contributed by atoms with Gasteiger partial charge in [0.15, 0.2) is 23.7 Å². The molecule has 1 aromatic carbocycles. The molecule has 2 rings (SSSR count). The van der Waals surface area contributed by atoms with E-state index in [4.69, 9.17) is 37.9 Å². The second-order valence-corrected chi connectivity index (χ2v) is 7.54. The predicted octanol–water partition coefficient (Wildman–Crippen LogP) is 0.944. The predicted molar refractivity (Wildman–Crippen MR) is 117 cm³/mol. The highest BCUT2D eigenvalue weighted by Crippen LogP contribution is 2.35. The van der Waals surface area contributed by atoms with Gasteiger partial charge in [0, 0.05) is 27.7 Å². The Morgan fingerprint density at radius 1 is 0.778 bits per heavy atom. The van der Waals surface area contributed by atoms with Crippen LogP contribution in [-0.4, -0.2) is 81.4 Å². The van der Waals surface area contributed by atoms with Crippen molar-refractivity contribution in [3.63, 3.8) is 0 Å². The average molecular weight is 512 g/mol. The number of methoxy groups -OCH3 is 2. The molecule has 1 aromatic rings. The van der Waals surface area contributed by atoms with E-state index < -0.39 is 67.2 Å². The van der Waals surface area contributed by atoms with Crippen molar-refractivity contribution in [2.45, 2.75) is 58.4 Å². The van der Waals surface area contributed by atoms with Crippen LogP contribution in [0, 0.1) is 0 Å². The molecule has 0 saturated carbocycles. The van der Waals surface area contributed by atoms with Gasteiger partial charge in [-0.3, -0.25) is 19.2 Å². The van der Waals surface area contributed by atoms with Crippen molar-refractivity contribution in [2.75, 3.05) is 20.8 Å². The lowest BCUT2D eigenvalue weighted by Crippen LogP contribution is -2.63. The van der Waals surface area contributed by atoms with Crippen LogP contribution in [0.15, 0.2) is 18.2 Å². The van der Waals surface area contributed by atoms with E-state index >= 15 is 0 Å². The minimum Gasteiger partial charge on any atom is -0.493 e. The molecule has 1 saturated heterocycles. The van der Waals surface area contributed by atoms with Crippen molar-refractivity contribution in [1.29, 1.82) is 0 Å². The molecular formula is C23H28O13. The van der Waals surface area contributed by atoms with Crippen molar-refractivity contribution >= 4 is 29.8 Å². The van der Waals surface area contributed by atoms with E-state index in [2.05, 4.69) is 0 Å². The first-order valence-electron chi connectivity index (χ1n) is 10.7. The molecule has 13 nitrogen and oxygen atoms in total. The lowest BCUT2D eigenvalue weighted by atomic mass is 9.98. The van der Waals surface area contributed by atoms with E-state index in [1.165, 1.54) is 32.4 Å². The SMILES string of the molecule is COC(=O)c1ccc(O[C@@H]2O[C@H](COC(C)=O)[C@@H](OC(C)=O)[C@@H](OC(C)=O)[C@H]2OC(C)=O)c(OC)c1. The summed E-state index contributed by atoms with van der Waals surface area (Å²) in [6.07, 6.45) is -6.77. The van der Waals surface area contributed by atoms with Crippen molar-refractivity contribution in [1.82, 2.24) is 0 Å². The summed E-state index contributed by atoms with van der Waals surface area (Å²) in [5.41, 5.74) is 0.170. The second-order valence-electron chi connectivity index (χ2n) is 7.54. The van der Waals surface area contributed by atoms with Crippen LogP contribution in [0.4, 0.5) is 0 Å². The van der Waals surface area contributed by atoms with Crippen LogP contribution >= 0.6 is 0 Å². The molecule has 13 heteroatoms. The van der Waals surface area contributed by atoms with Gasteiger partial charge < -0.3 is 37.9 Å². The molecule has 0 spiro atoms. The summed E-state index contributed by atoms with van der Waals surface area (Å²) in [4.78, 5) is 58.9. The van der Waals surface area contributed by atoms with Gasteiger partial charge in [0.25, 0.3) is 0 Å². The molecule has 0 aromatic heterocycles. The van der Waals surface area contributed by atoms with Gasteiger partial charge >= 0.3 is 29.8 Å². The second kappa shape index (κ2) is 12.7. The number of rotatable bonds is 9. The van der Waals surface area contributed by atoms with Crippen LogP contribution < -0.4 is 9.47 Å². The minimum absolute atomic E-state index is 0.0612. The molecule has 1 aliphatic rings. The highest BCUT2D eigenvalue weighted by molar-refractivity contribution is 5.90. The van der Waals surface area contributed by atoms with E-state index in [1.54, 1.807) is 0 Å². The lowest BCUT2D eigenvalue weighted by Gasteiger charge is -2.44. The summed E-state index contributed by atoms with van der Waals surface area (Å²) in [7, 11) is 2.55. The van der Waals surface area contributed by atoms with Crippen LogP contribution in [-0.2, 0) is 47.6 Å². The van der Waals surface area contributed by atoms with Crippen LogP contribution in [0.2, 0.25) is 0 Å². The zero-order chi connectivity index (χ0) is 27.0. The third-order valence-electron chi connectivity index (χ3n) is 4.78. The summed E-state index contributed by atoms with van der Waals surface area (Å²) in [5.74, 6) is -3.41. The molecule has 0 radical (unpaired) electrons. The molecule has 1 heterocycles. The minimum atomic E-state index is -1.46. The summed E-state index contributed by atoms with van der Waals surface area (Å²) >= 11 is 0. The largest absolute Gasteiger partial charge is 0.493 e. The van der Waals surface area contributed by atoms with E-state index in [0.29, 0.717) is 0 Å². The van der Waals surface area contributed by atoms with Gasteiger partial charge in [-0.1, -0.05) is 0 Å². The number of ether oxygens (including phenoxy) is 8. The molecule has 5 atom stereocenters. The molecule has 0 unspecified atom stereocenters.